The molecule has 0 bridgehead atoms. The van der Waals surface area contributed by atoms with Gasteiger partial charge in [0.15, 0.2) is 0 Å². The average molecular weight is 481 g/mol. The van der Waals surface area contributed by atoms with Crippen LogP contribution in [0.4, 0.5) is 5.69 Å². The normalized spacial score (nSPS) is 14.7. The van der Waals surface area contributed by atoms with E-state index in [1.54, 1.807) is 19.9 Å². The third-order valence-electron chi connectivity index (χ3n) is 5.25. The number of aliphatic hydroxyl groups excluding tert-OH is 1. The van der Waals surface area contributed by atoms with E-state index in [1.165, 1.54) is 0 Å². The number of carbonyl (C=O) groups is 1. The number of nitriles is 1. The van der Waals surface area contributed by atoms with Crippen molar-refractivity contribution in [2.75, 3.05) is 51.3 Å². The molecule has 0 unspecified atom stereocenters. The Morgan fingerprint density at radius 3 is 2.43 bits per heavy atom. The number of nitrogens with one attached hydrogen (secondary N) is 2. The summed E-state index contributed by atoms with van der Waals surface area (Å²) < 4.78 is 5.38. The minimum atomic E-state index is -0.790. The van der Waals surface area contributed by atoms with Gasteiger partial charge in [0.25, 0.3) is 5.91 Å². The van der Waals surface area contributed by atoms with Gasteiger partial charge in [-0.3, -0.25) is 9.69 Å². The van der Waals surface area contributed by atoms with Gasteiger partial charge in [-0.2, -0.15) is 5.26 Å². The van der Waals surface area contributed by atoms with E-state index in [1.807, 2.05) is 36.4 Å². The van der Waals surface area contributed by atoms with Gasteiger partial charge in [-0.15, -0.1) is 0 Å². The van der Waals surface area contributed by atoms with Crippen LogP contribution in [0.25, 0.3) is 16.8 Å². The Balaban J connectivity index is 0.00000100. The summed E-state index contributed by atoms with van der Waals surface area (Å²) in [6, 6.07) is 14.0. The van der Waals surface area contributed by atoms with Crippen molar-refractivity contribution in [2.45, 2.75) is 40.2 Å². The molecular weight excluding hydrogens is 440 g/mol. The number of morpholine rings is 1. The van der Waals surface area contributed by atoms with E-state index in [0.717, 1.165) is 67.3 Å². The van der Waals surface area contributed by atoms with Crippen LogP contribution in [0.1, 0.15) is 40.2 Å². The topological polar surface area (TPSA) is 97.6 Å². The fraction of sp³-hybridized carbons (Fsp3) is 0.500. The van der Waals surface area contributed by atoms with Crippen LogP contribution in [0.15, 0.2) is 42.0 Å². The molecule has 3 rings (SSSR count). The van der Waals surface area contributed by atoms with E-state index in [2.05, 4.69) is 42.4 Å². The summed E-state index contributed by atoms with van der Waals surface area (Å²) in [6.45, 7) is 15.1. The Morgan fingerprint density at radius 2 is 1.80 bits per heavy atom. The molecule has 2 aromatic rings. The van der Waals surface area contributed by atoms with Crippen LogP contribution in [-0.4, -0.2) is 67.5 Å². The summed E-state index contributed by atoms with van der Waals surface area (Å²) in [5, 5.41) is 27.0. The predicted octanol–water partition coefficient (Wildman–Crippen LogP) is 4.04. The van der Waals surface area contributed by atoms with E-state index in [0.29, 0.717) is 0 Å². The van der Waals surface area contributed by atoms with Crippen molar-refractivity contribution in [3.05, 3.63) is 47.5 Å². The van der Waals surface area contributed by atoms with Gasteiger partial charge < -0.3 is 20.5 Å². The summed E-state index contributed by atoms with van der Waals surface area (Å²) in [7, 11) is 0. The van der Waals surface area contributed by atoms with Gasteiger partial charge in [0.05, 0.1) is 25.4 Å². The Kier molecular flexibility index (Phi) is 11.2. The van der Waals surface area contributed by atoms with E-state index in [4.69, 9.17) is 4.74 Å². The second kappa shape index (κ2) is 13.8. The van der Waals surface area contributed by atoms with Gasteiger partial charge in [-0.1, -0.05) is 39.0 Å². The lowest BCUT2D eigenvalue weighted by atomic mass is 10.0. The van der Waals surface area contributed by atoms with E-state index in [-0.39, 0.29) is 12.2 Å². The lowest BCUT2D eigenvalue weighted by Crippen LogP contribution is -2.46. The van der Waals surface area contributed by atoms with Gasteiger partial charge >= 0.3 is 0 Å². The minimum Gasteiger partial charge on any atom is -0.394 e. The first-order valence-corrected chi connectivity index (χ1v) is 12.3. The van der Waals surface area contributed by atoms with Gasteiger partial charge in [0, 0.05) is 31.9 Å². The largest absolute Gasteiger partial charge is 0.394 e. The van der Waals surface area contributed by atoms with Gasteiger partial charge in [0.2, 0.25) is 0 Å². The Labute approximate surface area is 209 Å². The number of nitrogens with zero attached hydrogens (tertiary/aromatic N) is 2. The Morgan fingerprint density at radius 1 is 1.17 bits per heavy atom. The lowest BCUT2D eigenvalue weighted by Gasteiger charge is -2.26. The molecule has 35 heavy (non-hydrogen) atoms. The van der Waals surface area contributed by atoms with Gasteiger partial charge in [-0.25, -0.2) is 0 Å². The van der Waals surface area contributed by atoms with Gasteiger partial charge in [-0.05, 0) is 60.4 Å². The van der Waals surface area contributed by atoms with E-state index in [9.17, 15) is 15.2 Å². The van der Waals surface area contributed by atoms with Crippen LogP contribution in [0.3, 0.4) is 0 Å². The van der Waals surface area contributed by atoms with Crippen LogP contribution in [-0.2, 0) is 9.53 Å². The zero-order valence-corrected chi connectivity index (χ0v) is 21.7. The molecule has 1 saturated heterocycles. The number of hydrogen-bond donors (Lipinski definition) is 3. The Hall–Kier alpha value is -2.92. The molecule has 0 atom stereocenters. The monoisotopic (exact) mass is 480 g/mol. The molecule has 1 aliphatic rings. The summed E-state index contributed by atoms with van der Waals surface area (Å²) in [4.78, 5) is 14.7. The Bertz CT molecular complexity index is 1030. The molecule has 2 aromatic carbocycles. The number of fused-ring (bicyclic) bond motifs is 1. The van der Waals surface area contributed by atoms with Crippen molar-refractivity contribution >= 4 is 28.4 Å². The number of ether oxygens (including phenoxy) is 1. The maximum Gasteiger partial charge on any atom is 0.262 e. The first-order valence-electron chi connectivity index (χ1n) is 12.3. The molecule has 1 amide bonds. The number of hydrogen-bond acceptors (Lipinski definition) is 6. The molecule has 190 valence electrons. The lowest BCUT2D eigenvalue weighted by molar-refractivity contribution is -0.119. The smallest absolute Gasteiger partial charge is 0.262 e. The molecule has 0 spiro atoms. The van der Waals surface area contributed by atoms with Crippen LogP contribution in [0.5, 0.6) is 0 Å². The second-order valence-electron chi connectivity index (χ2n) is 10.1. The fourth-order valence-electron chi connectivity index (χ4n) is 3.38. The molecule has 1 heterocycles. The first-order chi connectivity index (χ1) is 16.6. The third kappa shape index (κ3) is 10.1. The van der Waals surface area contributed by atoms with Crippen molar-refractivity contribution in [2.24, 2.45) is 5.92 Å². The van der Waals surface area contributed by atoms with Crippen molar-refractivity contribution in [3.8, 4) is 6.07 Å². The molecule has 0 aromatic heterocycles. The molecule has 0 saturated carbocycles. The molecule has 7 heteroatoms. The summed E-state index contributed by atoms with van der Waals surface area (Å²) in [5.41, 5.74) is 1.05. The number of anilines is 1. The highest BCUT2D eigenvalue weighted by atomic mass is 16.5. The highest BCUT2D eigenvalue weighted by Gasteiger charge is 2.21. The van der Waals surface area contributed by atoms with Crippen LogP contribution >= 0.6 is 0 Å². The molecule has 3 N–H and O–H groups in total. The quantitative estimate of drug-likeness (QED) is 0.390. The molecule has 0 aliphatic carbocycles. The minimum absolute atomic E-state index is 0.00211. The van der Waals surface area contributed by atoms with Crippen molar-refractivity contribution in [3.63, 3.8) is 0 Å². The molecule has 1 aliphatic heterocycles. The molecule has 7 nitrogen and oxygen atoms in total. The predicted molar refractivity (Wildman–Crippen MR) is 143 cm³/mol. The maximum absolute atomic E-state index is 12.3. The molecule has 0 radical (unpaired) electrons. The van der Waals surface area contributed by atoms with E-state index < -0.39 is 11.4 Å². The maximum atomic E-state index is 12.3. The third-order valence-corrected chi connectivity index (χ3v) is 5.25. The summed E-state index contributed by atoms with van der Waals surface area (Å²) in [6.07, 6.45) is 1.57. The zero-order chi connectivity index (χ0) is 25.8. The number of rotatable bonds is 8. The SMILES string of the molecule is CC(C)(CO)NC(=O)/C(C#N)=C/c1ccc2cc(NCCN3CCOCC3)ccc2c1.CC(C)C. The highest BCUT2D eigenvalue weighted by molar-refractivity contribution is 6.02. The zero-order valence-electron chi connectivity index (χ0n) is 21.7. The van der Waals surface area contributed by atoms with Gasteiger partial charge in [0.1, 0.15) is 11.6 Å². The number of carbonyl (C=O) groups excluding carboxylic acids is 1. The van der Waals surface area contributed by atoms with Crippen LogP contribution in [0.2, 0.25) is 0 Å². The van der Waals surface area contributed by atoms with Crippen molar-refractivity contribution in [1.29, 1.82) is 5.26 Å². The van der Waals surface area contributed by atoms with Crippen molar-refractivity contribution in [1.82, 2.24) is 10.2 Å². The first kappa shape index (κ1) is 28.3. The molecule has 1 fully saturated rings. The fourth-order valence-corrected chi connectivity index (χ4v) is 3.38. The summed E-state index contributed by atoms with van der Waals surface area (Å²) in [5.74, 6) is 0.335. The molecular formula is C28H40N4O3. The number of amides is 1. The average Bonchev–Trinajstić information content (AvgIpc) is 2.82. The highest BCUT2D eigenvalue weighted by Crippen LogP contribution is 2.22. The van der Waals surface area contributed by atoms with E-state index >= 15 is 0 Å². The standard InChI is InChI=1S/C24H30N4O3.C4H10/c1-24(2,17-29)27-23(30)21(16-25)14-18-3-4-20-15-22(6-5-19(20)13-18)26-7-8-28-9-11-31-12-10-28;1-4(2)3/h3-6,13-15,26,29H,7-12,17H2,1-2H3,(H,27,30);4H,1-3H3/b21-14+;. The van der Waals surface area contributed by atoms with Crippen LogP contribution < -0.4 is 10.6 Å². The second-order valence-corrected chi connectivity index (χ2v) is 10.1. The number of benzene rings is 2. The summed E-state index contributed by atoms with van der Waals surface area (Å²) >= 11 is 0. The van der Waals surface area contributed by atoms with Crippen molar-refractivity contribution < 1.29 is 14.6 Å². The number of aliphatic hydroxyl groups is 1. The van der Waals surface area contributed by atoms with Crippen LogP contribution in [0, 0.1) is 17.2 Å².